The first-order chi connectivity index (χ1) is 21.9. The normalized spacial score (nSPS) is 25.9. The Bertz CT molecular complexity index is 1780. The van der Waals surface area contributed by atoms with Crippen LogP contribution >= 0.6 is 0 Å². The number of likely N-dealkylation sites (tertiary alicyclic amines) is 2. The fourth-order valence-electron chi connectivity index (χ4n) is 8.20. The Morgan fingerprint density at radius 2 is 1.62 bits per heavy atom. The molecule has 3 fully saturated rings. The summed E-state index contributed by atoms with van der Waals surface area (Å²) in [4.78, 5) is 46.0. The topological polar surface area (TPSA) is 126 Å². The number of hydrogen-bond acceptors (Lipinski definition) is 8. The van der Waals surface area contributed by atoms with E-state index in [4.69, 9.17) is 5.73 Å². The molecule has 0 radical (unpaired) electrons. The zero-order valence-electron chi connectivity index (χ0n) is 25.3. The number of imide groups is 1. The van der Waals surface area contributed by atoms with Crippen LogP contribution in [0.1, 0.15) is 67.5 Å². The molecule has 0 saturated carbocycles. The molecule has 2 amide bonds. The summed E-state index contributed by atoms with van der Waals surface area (Å²) in [6.45, 7) is 4.29. The summed E-state index contributed by atoms with van der Waals surface area (Å²) in [6, 6.07) is 14.8. The van der Waals surface area contributed by atoms with Crippen molar-refractivity contribution in [1.82, 2.24) is 24.7 Å². The monoisotopic (exact) mass is 605 g/mol. The van der Waals surface area contributed by atoms with Crippen LogP contribution in [-0.4, -0.2) is 69.4 Å². The molecule has 5 aliphatic rings. The number of nitrogen functional groups attached to an aromatic ring is 1. The van der Waals surface area contributed by atoms with Crippen molar-refractivity contribution in [3.05, 3.63) is 87.9 Å². The third-order valence-corrected chi connectivity index (χ3v) is 10.7. The van der Waals surface area contributed by atoms with Crippen LogP contribution in [0.4, 0.5) is 11.6 Å². The van der Waals surface area contributed by atoms with E-state index in [1.54, 1.807) is 6.07 Å². The van der Waals surface area contributed by atoms with E-state index in [0.717, 1.165) is 62.9 Å². The minimum Gasteiger partial charge on any atom is -0.398 e. The molecule has 4 N–H and O–H groups in total. The van der Waals surface area contributed by atoms with Gasteiger partial charge in [0.25, 0.3) is 5.56 Å². The molecule has 2 aromatic carbocycles. The summed E-state index contributed by atoms with van der Waals surface area (Å²) in [6.07, 6.45) is 12.4. The summed E-state index contributed by atoms with van der Waals surface area (Å²) < 4.78 is 2.10. The number of nitrogens with zero attached hydrogens (tertiary/aromatic N) is 4. The van der Waals surface area contributed by atoms with Crippen molar-refractivity contribution in [2.24, 2.45) is 0 Å². The summed E-state index contributed by atoms with van der Waals surface area (Å²) in [5, 5.41) is 6.44. The molecule has 5 heterocycles. The van der Waals surface area contributed by atoms with Gasteiger partial charge in [-0.3, -0.25) is 19.7 Å². The van der Waals surface area contributed by atoms with Crippen LogP contribution in [0.3, 0.4) is 0 Å². The fourth-order valence-corrected chi connectivity index (χ4v) is 8.20. The number of hydrogen-bond donors (Lipinski definition) is 3. The standard InChI is InChI=1S/C35H39N7O3/c36-27-2-1-3-30-32(27)34(45)39-35-37-28-20-25(8-10-29(28)42(30)35)41-18-14-24(15-19-41)40-16-12-22(13-17-40)21-4-6-23(7-5-21)26-9-11-31(43)38-33(26)44/h1-8,10,20,22,24,26,28-29H,9,11-19,36H2,(H,37,39,45)(H,38,43,44). The van der Waals surface area contributed by atoms with Crippen LogP contribution in [0.2, 0.25) is 0 Å². The number of nitrogens with two attached hydrogens (primary N) is 1. The second kappa shape index (κ2) is 11.2. The van der Waals surface area contributed by atoms with Crippen LogP contribution in [0.15, 0.2) is 71.2 Å². The third kappa shape index (κ3) is 5.01. The van der Waals surface area contributed by atoms with Crippen molar-refractivity contribution in [1.29, 1.82) is 0 Å². The summed E-state index contributed by atoms with van der Waals surface area (Å²) in [7, 11) is 0. The van der Waals surface area contributed by atoms with Crippen molar-refractivity contribution in [2.45, 2.75) is 68.5 Å². The van der Waals surface area contributed by atoms with Crippen molar-refractivity contribution < 1.29 is 9.59 Å². The molecule has 45 heavy (non-hydrogen) atoms. The SMILES string of the molecule is Nc1cccc2c1c(=O)nc1n2C2C=CC(N3CCC(N4CCC(c5ccc(C6CCC(=O)NC6=O)cc5)CC4)CC3)=CC2N1. The molecule has 3 atom stereocenters. The van der Waals surface area contributed by atoms with Gasteiger partial charge in [0, 0.05) is 36.9 Å². The lowest BCUT2D eigenvalue weighted by molar-refractivity contribution is -0.134. The zero-order valence-corrected chi connectivity index (χ0v) is 25.3. The zero-order chi connectivity index (χ0) is 30.7. The minimum absolute atomic E-state index is 0.0405. The van der Waals surface area contributed by atoms with E-state index < -0.39 is 0 Å². The first-order valence-corrected chi connectivity index (χ1v) is 16.3. The lowest BCUT2D eigenvalue weighted by atomic mass is 9.85. The Kier molecular flexibility index (Phi) is 6.97. The van der Waals surface area contributed by atoms with E-state index in [1.165, 1.54) is 11.3 Å². The summed E-state index contributed by atoms with van der Waals surface area (Å²) in [5.74, 6) is 0.581. The molecular formula is C35H39N7O3. The van der Waals surface area contributed by atoms with Gasteiger partial charge < -0.3 is 25.4 Å². The predicted octanol–water partition coefficient (Wildman–Crippen LogP) is 3.63. The highest BCUT2D eigenvalue weighted by atomic mass is 16.2. The van der Waals surface area contributed by atoms with Crippen LogP contribution in [0, 0.1) is 0 Å². The Morgan fingerprint density at radius 3 is 2.38 bits per heavy atom. The number of amides is 2. The van der Waals surface area contributed by atoms with Crippen molar-refractivity contribution >= 4 is 34.4 Å². The van der Waals surface area contributed by atoms with Crippen LogP contribution < -0.4 is 21.9 Å². The van der Waals surface area contributed by atoms with Crippen LogP contribution in [-0.2, 0) is 9.59 Å². The summed E-state index contributed by atoms with van der Waals surface area (Å²) in [5.41, 5.74) is 10.7. The Hall–Kier alpha value is -4.44. The van der Waals surface area contributed by atoms with E-state index in [1.807, 2.05) is 12.1 Å². The summed E-state index contributed by atoms with van der Waals surface area (Å²) >= 11 is 0. The van der Waals surface area contributed by atoms with Gasteiger partial charge in [-0.1, -0.05) is 36.4 Å². The van der Waals surface area contributed by atoms with Gasteiger partial charge in [-0.05, 0) is 86.5 Å². The quantitative estimate of drug-likeness (QED) is 0.304. The average Bonchev–Trinajstić information content (AvgIpc) is 3.43. The van der Waals surface area contributed by atoms with Crippen LogP contribution in [0.25, 0.3) is 10.9 Å². The van der Waals surface area contributed by atoms with E-state index >= 15 is 0 Å². The molecule has 0 spiro atoms. The highest BCUT2D eigenvalue weighted by Crippen LogP contribution is 2.38. The van der Waals surface area contributed by atoms with Crippen molar-refractivity contribution in [2.75, 3.05) is 37.2 Å². The van der Waals surface area contributed by atoms with Gasteiger partial charge in [-0.25, -0.2) is 0 Å². The molecule has 1 aliphatic carbocycles. The maximum Gasteiger partial charge on any atom is 0.284 e. The molecule has 3 saturated heterocycles. The molecular weight excluding hydrogens is 566 g/mol. The first-order valence-electron chi connectivity index (χ1n) is 16.3. The molecule has 4 aliphatic heterocycles. The number of carbonyl (C=O) groups is 2. The number of piperidine rings is 3. The number of nitrogens with one attached hydrogen (secondary N) is 2. The van der Waals surface area contributed by atoms with Crippen LogP contribution in [0.5, 0.6) is 0 Å². The Morgan fingerprint density at radius 1 is 0.867 bits per heavy atom. The number of fused-ring (bicyclic) bond motifs is 5. The molecule has 0 bridgehead atoms. The number of carbonyl (C=O) groups excluding carboxylic acids is 2. The number of aromatic nitrogens is 2. The predicted molar refractivity (Wildman–Crippen MR) is 174 cm³/mol. The van der Waals surface area contributed by atoms with Gasteiger partial charge >= 0.3 is 0 Å². The van der Waals surface area contributed by atoms with E-state index in [0.29, 0.717) is 41.8 Å². The Labute approximate surface area is 262 Å². The largest absolute Gasteiger partial charge is 0.398 e. The van der Waals surface area contributed by atoms with Gasteiger partial charge in [-0.2, -0.15) is 4.98 Å². The van der Waals surface area contributed by atoms with Gasteiger partial charge in [0.15, 0.2) is 0 Å². The number of allylic oxidation sites excluding steroid dienone is 1. The van der Waals surface area contributed by atoms with E-state index in [9.17, 15) is 14.4 Å². The molecule has 3 unspecified atom stereocenters. The molecule has 1 aromatic heterocycles. The Balaban J connectivity index is 0.859. The first kappa shape index (κ1) is 28.1. The molecule has 3 aromatic rings. The van der Waals surface area contributed by atoms with Gasteiger partial charge in [0.2, 0.25) is 17.8 Å². The second-order valence-electron chi connectivity index (χ2n) is 13.2. The minimum atomic E-state index is -0.289. The lowest BCUT2D eigenvalue weighted by Crippen LogP contribution is -2.47. The fraction of sp³-hybridized carbons (Fsp3) is 0.429. The van der Waals surface area contributed by atoms with Gasteiger partial charge in [0.05, 0.1) is 28.9 Å². The second-order valence-corrected chi connectivity index (χ2v) is 13.2. The van der Waals surface area contributed by atoms with Crippen molar-refractivity contribution in [3.63, 3.8) is 0 Å². The van der Waals surface area contributed by atoms with Crippen molar-refractivity contribution in [3.8, 4) is 0 Å². The smallest absolute Gasteiger partial charge is 0.284 e. The van der Waals surface area contributed by atoms with Gasteiger partial charge in [0.1, 0.15) is 0 Å². The highest BCUT2D eigenvalue weighted by Gasteiger charge is 2.35. The number of benzene rings is 2. The van der Waals surface area contributed by atoms with E-state index in [2.05, 4.69) is 72.5 Å². The van der Waals surface area contributed by atoms with Gasteiger partial charge in [-0.15, -0.1) is 0 Å². The molecule has 8 rings (SSSR count). The molecule has 10 heteroatoms. The lowest BCUT2D eigenvalue weighted by Gasteiger charge is -2.43. The average molecular weight is 606 g/mol. The molecule has 10 nitrogen and oxygen atoms in total. The number of rotatable bonds is 4. The third-order valence-electron chi connectivity index (χ3n) is 10.7. The molecule has 232 valence electrons. The maximum absolute atomic E-state index is 12.7. The number of anilines is 2. The maximum atomic E-state index is 12.7. The highest BCUT2D eigenvalue weighted by molar-refractivity contribution is 6.00. The van der Waals surface area contributed by atoms with E-state index in [-0.39, 0.29) is 35.4 Å².